The molecule has 4 rings (SSSR count). The molecule has 0 bridgehead atoms. The van der Waals surface area contributed by atoms with Crippen molar-refractivity contribution in [3.05, 3.63) is 71.5 Å². The van der Waals surface area contributed by atoms with Crippen LogP contribution >= 0.6 is 0 Å². The Morgan fingerprint density at radius 1 is 1.04 bits per heavy atom. The summed E-state index contributed by atoms with van der Waals surface area (Å²) in [6, 6.07) is 16.1. The van der Waals surface area contributed by atoms with Gasteiger partial charge in [0, 0.05) is 17.9 Å². The van der Waals surface area contributed by atoms with Gasteiger partial charge in [0.2, 0.25) is 5.91 Å². The molecule has 1 aromatic heterocycles. The van der Waals surface area contributed by atoms with Gasteiger partial charge in [-0.2, -0.15) is 5.10 Å². The summed E-state index contributed by atoms with van der Waals surface area (Å²) in [6.45, 7) is 0. The first-order valence-electron chi connectivity index (χ1n) is 7.41. The lowest BCUT2D eigenvalue weighted by Crippen LogP contribution is -2.23. The van der Waals surface area contributed by atoms with E-state index in [0.717, 1.165) is 22.4 Å². The highest BCUT2D eigenvalue weighted by molar-refractivity contribution is 5.96. The van der Waals surface area contributed by atoms with Crippen LogP contribution in [0.2, 0.25) is 0 Å². The molecule has 1 atom stereocenters. The van der Waals surface area contributed by atoms with E-state index in [4.69, 9.17) is 0 Å². The van der Waals surface area contributed by atoms with Crippen molar-refractivity contribution in [2.75, 3.05) is 5.32 Å². The molecular formula is C18H14FN3O. The Hall–Kier alpha value is -2.95. The third-order valence-corrected chi connectivity index (χ3v) is 4.13. The van der Waals surface area contributed by atoms with Gasteiger partial charge >= 0.3 is 0 Å². The first-order valence-corrected chi connectivity index (χ1v) is 7.41. The summed E-state index contributed by atoms with van der Waals surface area (Å²) >= 11 is 0. The average Bonchev–Trinajstić information content (AvgIpc) is 2.99. The quantitative estimate of drug-likeness (QED) is 0.758. The molecule has 1 aliphatic heterocycles. The van der Waals surface area contributed by atoms with Crippen molar-refractivity contribution in [3.8, 4) is 11.3 Å². The van der Waals surface area contributed by atoms with Gasteiger partial charge in [0.05, 0.1) is 5.69 Å². The molecule has 1 aliphatic rings. The molecule has 2 heterocycles. The van der Waals surface area contributed by atoms with E-state index >= 15 is 0 Å². The summed E-state index contributed by atoms with van der Waals surface area (Å²) in [5.41, 5.74) is 3.74. The number of fused-ring (bicyclic) bond motifs is 1. The van der Waals surface area contributed by atoms with Gasteiger partial charge in [0.15, 0.2) is 5.82 Å². The lowest BCUT2D eigenvalue weighted by Gasteiger charge is -2.23. The topological polar surface area (TPSA) is 57.8 Å². The van der Waals surface area contributed by atoms with Gasteiger partial charge in [-0.15, -0.1) is 0 Å². The number of rotatable bonds is 2. The van der Waals surface area contributed by atoms with E-state index < -0.39 is 0 Å². The van der Waals surface area contributed by atoms with Crippen LogP contribution in [0.5, 0.6) is 0 Å². The third kappa shape index (κ3) is 2.40. The van der Waals surface area contributed by atoms with E-state index in [1.54, 1.807) is 12.1 Å². The van der Waals surface area contributed by atoms with Crippen LogP contribution in [0.15, 0.2) is 54.6 Å². The Kier molecular flexibility index (Phi) is 3.19. The van der Waals surface area contributed by atoms with E-state index in [2.05, 4.69) is 15.5 Å². The van der Waals surface area contributed by atoms with Gasteiger partial charge in [-0.3, -0.25) is 9.89 Å². The number of aromatic nitrogens is 2. The molecule has 23 heavy (non-hydrogen) atoms. The third-order valence-electron chi connectivity index (χ3n) is 4.13. The summed E-state index contributed by atoms with van der Waals surface area (Å²) in [4.78, 5) is 12.0. The van der Waals surface area contributed by atoms with Crippen LogP contribution in [0.1, 0.15) is 23.5 Å². The Bertz CT molecular complexity index is 856. The van der Waals surface area contributed by atoms with E-state index in [-0.39, 0.29) is 17.6 Å². The molecule has 2 aromatic carbocycles. The molecule has 114 valence electrons. The molecule has 0 saturated heterocycles. The van der Waals surface area contributed by atoms with E-state index in [0.29, 0.717) is 12.2 Å². The highest BCUT2D eigenvalue weighted by Crippen LogP contribution is 2.41. The molecule has 1 amide bonds. The second kappa shape index (κ2) is 5.35. The molecule has 4 nitrogen and oxygen atoms in total. The Morgan fingerprint density at radius 2 is 1.78 bits per heavy atom. The zero-order chi connectivity index (χ0) is 15.8. The van der Waals surface area contributed by atoms with Crippen molar-refractivity contribution in [2.45, 2.75) is 12.3 Å². The Labute approximate surface area is 132 Å². The second-order valence-corrected chi connectivity index (χ2v) is 5.58. The zero-order valence-electron chi connectivity index (χ0n) is 12.2. The van der Waals surface area contributed by atoms with Crippen molar-refractivity contribution < 1.29 is 9.18 Å². The number of benzene rings is 2. The molecule has 0 aliphatic carbocycles. The van der Waals surface area contributed by atoms with Gasteiger partial charge in [-0.25, -0.2) is 4.39 Å². The lowest BCUT2D eigenvalue weighted by atomic mass is 9.84. The van der Waals surface area contributed by atoms with Crippen LogP contribution in [0, 0.1) is 5.82 Å². The first-order chi connectivity index (χ1) is 11.2. The van der Waals surface area contributed by atoms with Crippen LogP contribution in [-0.2, 0) is 4.79 Å². The van der Waals surface area contributed by atoms with Crippen molar-refractivity contribution in [1.29, 1.82) is 0 Å². The fraction of sp³-hybridized carbons (Fsp3) is 0.111. The Morgan fingerprint density at radius 3 is 2.52 bits per heavy atom. The standard InChI is InChI=1S/C18H14FN3O/c19-13-8-6-11(7-9-13)14-10-15(23)20-18-16(14)17(21-22-18)12-4-2-1-3-5-12/h1-9,14H,10H2,(H2,20,21,22,23)/t14-/m1/s1. The normalized spacial score (nSPS) is 16.7. The molecule has 0 spiro atoms. The minimum atomic E-state index is -0.287. The van der Waals surface area contributed by atoms with Crippen LogP contribution in [-0.4, -0.2) is 16.1 Å². The van der Waals surface area contributed by atoms with Gasteiger partial charge in [0.1, 0.15) is 5.82 Å². The number of nitrogens with one attached hydrogen (secondary N) is 2. The fourth-order valence-electron chi connectivity index (χ4n) is 3.06. The summed E-state index contributed by atoms with van der Waals surface area (Å²) in [5, 5.41) is 10.1. The van der Waals surface area contributed by atoms with Crippen molar-refractivity contribution in [2.24, 2.45) is 0 Å². The maximum atomic E-state index is 13.2. The molecule has 3 aromatic rings. The van der Waals surface area contributed by atoms with Gasteiger partial charge in [0.25, 0.3) is 0 Å². The first kappa shape index (κ1) is 13.7. The van der Waals surface area contributed by atoms with Crippen LogP contribution in [0.3, 0.4) is 0 Å². The fourth-order valence-corrected chi connectivity index (χ4v) is 3.06. The number of aromatic amines is 1. The maximum absolute atomic E-state index is 13.2. The van der Waals surface area contributed by atoms with Crippen LogP contribution in [0.4, 0.5) is 10.2 Å². The number of anilines is 1. The number of hydrogen-bond acceptors (Lipinski definition) is 2. The number of amides is 1. The van der Waals surface area contributed by atoms with Crippen molar-refractivity contribution in [3.63, 3.8) is 0 Å². The highest BCUT2D eigenvalue weighted by atomic mass is 19.1. The van der Waals surface area contributed by atoms with Gasteiger partial charge in [-0.1, -0.05) is 42.5 Å². The molecule has 0 unspecified atom stereocenters. The largest absolute Gasteiger partial charge is 0.309 e. The minimum absolute atomic E-state index is 0.0852. The number of H-pyrrole nitrogens is 1. The van der Waals surface area contributed by atoms with Crippen molar-refractivity contribution >= 4 is 11.7 Å². The predicted molar refractivity (Wildman–Crippen MR) is 85.5 cm³/mol. The van der Waals surface area contributed by atoms with E-state index in [1.807, 2.05) is 30.3 Å². The molecule has 0 radical (unpaired) electrons. The summed E-state index contributed by atoms with van der Waals surface area (Å²) in [5.74, 6) is 0.0328. The number of carbonyl (C=O) groups is 1. The van der Waals surface area contributed by atoms with Crippen molar-refractivity contribution in [1.82, 2.24) is 10.2 Å². The lowest BCUT2D eigenvalue weighted by molar-refractivity contribution is -0.116. The minimum Gasteiger partial charge on any atom is -0.309 e. The second-order valence-electron chi connectivity index (χ2n) is 5.58. The molecule has 0 fully saturated rings. The molecular weight excluding hydrogens is 293 g/mol. The number of hydrogen-bond donors (Lipinski definition) is 2. The van der Waals surface area contributed by atoms with E-state index in [1.165, 1.54) is 12.1 Å². The number of carbonyl (C=O) groups excluding carboxylic acids is 1. The summed E-state index contributed by atoms with van der Waals surface area (Å²) in [7, 11) is 0. The monoisotopic (exact) mass is 307 g/mol. The van der Waals surface area contributed by atoms with Crippen LogP contribution in [0.25, 0.3) is 11.3 Å². The molecule has 0 saturated carbocycles. The number of halogens is 1. The zero-order valence-corrected chi connectivity index (χ0v) is 12.2. The van der Waals surface area contributed by atoms with E-state index in [9.17, 15) is 9.18 Å². The molecule has 5 heteroatoms. The smallest absolute Gasteiger partial charge is 0.226 e. The highest BCUT2D eigenvalue weighted by Gasteiger charge is 2.31. The van der Waals surface area contributed by atoms with Gasteiger partial charge < -0.3 is 5.32 Å². The summed E-state index contributed by atoms with van der Waals surface area (Å²) < 4.78 is 13.2. The SMILES string of the molecule is O=C1C[C@H](c2ccc(F)cc2)c2c(n[nH]c2-c2ccccc2)N1. The number of nitrogens with zero attached hydrogens (tertiary/aromatic N) is 1. The Balaban J connectivity index is 1.86. The van der Waals surface area contributed by atoms with Gasteiger partial charge in [-0.05, 0) is 23.3 Å². The predicted octanol–water partition coefficient (Wildman–Crippen LogP) is 3.69. The van der Waals surface area contributed by atoms with Crippen LogP contribution < -0.4 is 5.32 Å². The maximum Gasteiger partial charge on any atom is 0.226 e. The molecule has 2 N–H and O–H groups in total. The summed E-state index contributed by atoms with van der Waals surface area (Å²) in [6.07, 6.45) is 0.317. The average molecular weight is 307 g/mol.